The van der Waals surface area contributed by atoms with Crippen LogP contribution in [0, 0.1) is 5.92 Å². The Balaban J connectivity index is 1.47. The third kappa shape index (κ3) is 3.76. The maximum Gasteiger partial charge on any atom is 0.179 e. The summed E-state index contributed by atoms with van der Waals surface area (Å²) < 4.78 is 8.64. The number of hydrogen-bond donors (Lipinski definition) is 4. The Kier molecular flexibility index (Phi) is 6.27. The van der Waals surface area contributed by atoms with E-state index in [0.717, 1.165) is 15.6 Å². The molecule has 5 atom stereocenters. The van der Waals surface area contributed by atoms with Gasteiger partial charge in [-0.05, 0) is 0 Å². The highest BCUT2D eigenvalue weighted by Crippen LogP contribution is 2.45. The van der Waals surface area contributed by atoms with Crippen LogP contribution in [0.1, 0.15) is 6.92 Å². The van der Waals surface area contributed by atoms with E-state index >= 15 is 0 Å². The molecule has 1 aliphatic heterocycles. The zero-order chi connectivity index (χ0) is 23.9. The van der Waals surface area contributed by atoms with E-state index in [4.69, 9.17) is 15.5 Å². The van der Waals surface area contributed by atoms with Crippen LogP contribution in [0.15, 0.2) is 52.7 Å². The van der Waals surface area contributed by atoms with E-state index in [9.17, 15) is 15.3 Å². The summed E-state index contributed by atoms with van der Waals surface area (Å²) in [5, 5.41) is 33.6. The van der Waals surface area contributed by atoms with Crippen molar-refractivity contribution in [1.82, 2.24) is 24.5 Å². The number of aliphatic hydroxyl groups excluding tert-OH is 3. The summed E-state index contributed by atoms with van der Waals surface area (Å²) in [4.78, 5) is 17.3. The Morgan fingerprint density at radius 2 is 2.03 bits per heavy atom. The van der Waals surface area contributed by atoms with Crippen molar-refractivity contribution in [2.45, 2.75) is 35.3 Å². The molecule has 0 saturated carbocycles. The fraction of sp³-hybridized carbons (Fsp3) is 0.364. The van der Waals surface area contributed by atoms with Crippen molar-refractivity contribution in [3.8, 4) is 11.3 Å². The van der Waals surface area contributed by atoms with Crippen molar-refractivity contribution in [2.24, 2.45) is 5.92 Å². The van der Waals surface area contributed by atoms with Gasteiger partial charge in [-0.2, -0.15) is 0 Å². The molecule has 1 fully saturated rings. The monoisotopic (exact) mass is 500 g/mol. The van der Waals surface area contributed by atoms with Gasteiger partial charge in [0, 0.05) is 22.6 Å². The number of aliphatic hydroxyl groups is 3. The van der Waals surface area contributed by atoms with Gasteiger partial charge in [0.05, 0.1) is 18.6 Å². The molecule has 1 aromatic carbocycles. The lowest BCUT2D eigenvalue weighted by Gasteiger charge is -2.38. The van der Waals surface area contributed by atoms with E-state index in [2.05, 4.69) is 15.0 Å². The summed E-state index contributed by atoms with van der Waals surface area (Å²) in [6.45, 7) is 1.46. The second-order valence-electron chi connectivity index (χ2n) is 8.15. The van der Waals surface area contributed by atoms with Gasteiger partial charge in [-0.3, -0.25) is 4.57 Å². The summed E-state index contributed by atoms with van der Waals surface area (Å²) in [6, 6.07) is 9.93. The van der Waals surface area contributed by atoms with Gasteiger partial charge in [0.1, 0.15) is 30.2 Å². The van der Waals surface area contributed by atoms with Crippen LogP contribution in [0.4, 0.5) is 5.82 Å². The Morgan fingerprint density at radius 1 is 1.24 bits per heavy atom. The number of imidazole rings is 1. The minimum atomic E-state index is -1.44. The highest BCUT2D eigenvalue weighted by atomic mass is 32.2. The number of hydrogen-bond acceptors (Lipinski definition) is 11. The molecular formula is C22H24N6O4S2. The highest BCUT2D eigenvalue weighted by Gasteiger charge is 2.58. The SMILES string of the molecule is C[C@@H](CSc1nc(-c2ccccc2)cs1)[C@@]1(n2cnc3c(N)ncnc32)O[C@H](CO)[C@@H](O)[C@H]1O. The summed E-state index contributed by atoms with van der Waals surface area (Å²) in [5.74, 6) is 0.351. The van der Waals surface area contributed by atoms with Gasteiger partial charge in [0.2, 0.25) is 0 Å². The first kappa shape index (κ1) is 23.1. The average molecular weight is 501 g/mol. The average Bonchev–Trinajstić information content (AvgIpc) is 3.57. The van der Waals surface area contributed by atoms with Crippen LogP contribution in [0.25, 0.3) is 22.4 Å². The molecule has 5 N–H and O–H groups in total. The van der Waals surface area contributed by atoms with E-state index in [1.807, 2.05) is 42.6 Å². The quantitative estimate of drug-likeness (QED) is 0.276. The molecule has 12 heteroatoms. The van der Waals surface area contributed by atoms with Gasteiger partial charge in [-0.1, -0.05) is 49.0 Å². The van der Waals surface area contributed by atoms with Gasteiger partial charge >= 0.3 is 0 Å². The highest BCUT2D eigenvalue weighted by molar-refractivity contribution is 8.01. The molecule has 1 saturated heterocycles. The topological polar surface area (TPSA) is 152 Å². The normalized spacial score (nSPS) is 25.7. The standard InChI is InChI=1S/C22H24N6O4S2/c1-12(8-33-21-27-14(9-34-21)13-5-3-2-4-6-13)22(18(31)17(30)15(7-29)32-22)28-11-26-16-19(23)24-10-25-20(16)28/h2-6,9-12,15,17-18,29-31H,7-8H2,1H3,(H2,23,24,25)/t12-,15+,17+,18+,22+/m0/s1. The largest absolute Gasteiger partial charge is 0.394 e. The number of ether oxygens (including phenoxy) is 1. The van der Waals surface area contributed by atoms with E-state index < -0.39 is 30.6 Å². The van der Waals surface area contributed by atoms with Gasteiger partial charge in [0.25, 0.3) is 0 Å². The smallest absolute Gasteiger partial charge is 0.179 e. The molecule has 5 rings (SSSR count). The lowest BCUT2D eigenvalue weighted by Crippen LogP contribution is -2.51. The molecule has 0 amide bonds. The van der Waals surface area contributed by atoms with E-state index in [1.165, 1.54) is 35.8 Å². The Morgan fingerprint density at radius 3 is 2.76 bits per heavy atom. The lowest BCUT2D eigenvalue weighted by atomic mass is 9.91. The summed E-state index contributed by atoms with van der Waals surface area (Å²) in [6.07, 6.45) is -0.818. The molecule has 178 valence electrons. The van der Waals surface area contributed by atoms with Crippen molar-refractivity contribution in [2.75, 3.05) is 18.1 Å². The number of nitrogens with two attached hydrogens (primary N) is 1. The van der Waals surface area contributed by atoms with Crippen LogP contribution in [0.2, 0.25) is 0 Å². The van der Waals surface area contributed by atoms with Crippen LogP contribution in [-0.4, -0.2) is 70.5 Å². The van der Waals surface area contributed by atoms with Crippen molar-refractivity contribution >= 4 is 40.1 Å². The van der Waals surface area contributed by atoms with Crippen LogP contribution in [0.5, 0.6) is 0 Å². The fourth-order valence-corrected chi connectivity index (χ4v) is 6.28. The molecular weight excluding hydrogens is 476 g/mol. The third-order valence-electron chi connectivity index (χ3n) is 6.10. The summed E-state index contributed by atoms with van der Waals surface area (Å²) in [7, 11) is 0. The Labute approximate surface area is 203 Å². The first-order valence-corrected chi connectivity index (χ1v) is 12.5. The predicted octanol–water partition coefficient (Wildman–Crippen LogP) is 1.73. The molecule has 34 heavy (non-hydrogen) atoms. The number of fused-ring (bicyclic) bond motifs is 1. The maximum absolute atomic E-state index is 11.2. The van der Waals surface area contributed by atoms with Gasteiger partial charge < -0.3 is 25.8 Å². The van der Waals surface area contributed by atoms with Gasteiger partial charge in [-0.15, -0.1) is 11.3 Å². The number of rotatable bonds is 7. The van der Waals surface area contributed by atoms with Gasteiger partial charge in [-0.25, -0.2) is 19.9 Å². The number of aromatic nitrogens is 5. The van der Waals surface area contributed by atoms with Crippen LogP contribution >= 0.6 is 23.1 Å². The molecule has 0 radical (unpaired) electrons. The number of benzene rings is 1. The summed E-state index contributed by atoms with van der Waals surface area (Å²) >= 11 is 3.07. The molecule has 0 bridgehead atoms. The van der Waals surface area contributed by atoms with Crippen molar-refractivity contribution in [1.29, 1.82) is 0 Å². The minimum Gasteiger partial charge on any atom is -0.394 e. The van der Waals surface area contributed by atoms with Crippen LogP contribution in [0.3, 0.4) is 0 Å². The molecule has 4 aromatic rings. The first-order chi connectivity index (χ1) is 16.5. The zero-order valence-electron chi connectivity index (χ0n) is 18.2. The second-order valence-corrected chi connectivity index (χ2v) is 10.3. The van der Waals surface area contributed by atoms with Crippen molar-refractivity contribution in [3.05, 3.63) is 48.4 Å². The zero-order valence-corrected chi connectivity index (χ0v) is 19.9. The number of thioether (sulfide) groups is 1. The van der Waals surface area contributed by atoms with Gasteiger partial charge in [0.15, 0.2) is 21.5 Å². The number of nitrogens with zero attached hydrogens (tertiary/aromatic N) is 5. The molecule has 0 unspecified atom stereocenters. The molecule has 10 nitrogen and oxygen atoms in total. The number of thiazole rings is 1. The maximum atomic E-state index is 11.2. The molecule has 0 spiro atoms. The third-order valence-corrected chi connectivity index (χ3v) is 8.38. The molecule has 1 aliphatic rings. The molecule has 3 aromatic heterocycles. The van der Waals surface area contributed by atoms with Crippen molar-refractivity contribution < 1.29 is 20.1 Å². The Hall–Kier alpha value is -2.61. The van der Waals surface area contributed by atoms with E-state index in [1.54, 1.807) is 4.57 Å². The summed E-state index contributed by atoms with van der Waals surface area (Å²) in [5.41, 5.74) is 7.20. The fourth-order valence-electron chi connectivity index (χ4n) is 4.31. The number of nitrogen functional groups attached to an aromatic ring is 1. The van der Waals surface area contributed by atoms with Crippen molar-refractivity contribution in [3.63, 3.8) is 0 Å². The van der Waals surface area contributed by atoms with Crippen LogP contribution in [-0.2, 0) is 10.5 Å². The lowest BCUT2D eigenvalue weighted by molar-refractivity contribution is -0.172. The minimum absolute atomic E-state index is 0.198. The molecule has 0 aliphatic carbocycles. The van der Waals surface area contributed by atoms with E-state index in [0.29, 0.717) is 16.9 Å². The second kappa shape index (κ2) is 9.21. The Bertz CT molecular complexity index is 1280. The molecule has 4 heterocycles. The van der Waals surface area contributed by atoms with Crippen LogP contribution < -0.4 is 5.73 Å². The first-order valence-electron chi connectivity index (χ1n) is 10.7. The van der Waals surface area contributed by atoms with E-state index in [-0.39, 0.29) is 11.7 Å². The predicted molar refractivity (Wildman–Crippen MR) is 129 cm³/mol. The number of anilines is 1.